The fourth-order valence-corrected chi connectivity index (χ4v) is 0.871. The highest BCUT2D eigenvalue weighted by Crippen LogP contribution is 2.29. The van der Waals surface area contributed by atoms with Gasteiger partial charge in [0.1, 0.15) is 5.75 Å². The van der Waals surface area contributed by atoms with Crippen LogP contribution in [-0.2, 0) is 0 Å². The van der Waals surface area contributed by atoms with Crippen molar-refractivity contribution in [3.63, 3.8) is 0 Å². The first-order valence-corrected chi connectivity index (χ1v) is 3.52. The first-order valence-electron chi connectivity index (χ1n) is 3.52. The minimum atomic E-state index is -2.97. The quantitative estimate of drug-likeness (QED) is 0.557. The summed E-state index contributed by atoms with van der Waals surface area (Å²) in [6.07, 6.45) is -1.96. The molecule has 0 saturated carbocycles. The molecule has 0 saturated heterocycles. The third-order valence-corrected chi connectivity index (χ3v) is 1.51. The molecule has 14 heavy (non-hydrogen) atoms. The smallest absolute Gasteiger partial charge is 0.300 e. The summed E-state index contributed by atoms with van der Waals surface area (Å²) < 4.78 is 29.1. The minimum absolute atomic E-state index is 0.0705. The van der Waals surface area contributed by atoms with Crippen LogP contribution in [0.2, 0.25) is 0 Å². The standard InChI is InChI=1S/C7H6F2N2O3/c1-14-4-2-5(11(12)13)6(7(8)9)10-3-4/h2-3,7H,1H3. The summed E-state index contributed by atoms with van der Waals surface area (Å²) in [4.78, 5) is 12.7. The molecule has 1 heterocycles. The second kappa shape index (κ2) is 3.95. The third kappa shape index (κ3) is 1.93. The number of nitro groups is 1. The number of ether oxygens (including phenoxy) is 1. The van der Waals surface area contributed by atoms with Gasteiger partial charge in [0.25, 0.3) is 12.1 Å². The summed E-state index contributed by atoms with van der Waals surface area (Å²) in [5, 5.41) is 10.4. The molecule has 0 unspecified atom stereocenters. The van der Waals surface area contributed by atoms with Crippen LogP contribution in [0.1, 0.15) is 12.1 Å². The van der Waals surface area contributed by atoms with Crippen molar-refractivity contribution in [2.75, 3.05) is 7.11 Å². The predicted octanol–water partition coefficient (Wildman–Crippen LogP) is 1.94. The molecule has 0 aliphatic carbocycles. The second-order valence-electron chi connectivity index (χ2n) is 2.34. The van der Waals surface area contributed by atoms with E-state index in [0.29, 0.717) is 0 Å². The highest BCUT2D eigenvalue weighted by molar-refractivity contribution is 5.41. The summed E-state index contributed by atoms with van der Waals surface area (Å²) in [5.74, 6) is 0.0705. The average molecular weight is 204 g/mol. The van der Waals surface area contributed by atoms with E-state index in [1.165, 1.54) is 7.11 Å². The Balaban J connectivity index is 3.24. The Bertz CT molecular complexity index is 357. The maximum atomic E-state index is 12.2. The van der Waals surface area contributed by atoms with Crippen LogP contribution in [0.5, 0.6) is 5.75 Å². The van der Waals surface area contributed by atoms with E-state index < -0.39 is 22.7 Å². The van der Waals surface area contributed by atoms with Gasteiger partial charge in [-0.2, -0.15) is 0 Å². The normalized spacial score (nSPS) is 10.3. The van der Waals surface area contributed by atoms with Crippen molar-refractivity contribution < 1.29 is 18.4 Å². The van der Waals surface area contributed by atoms with E-state index in [9.17, 15) is 18.9 Å². The zero-order valence-electron chi connectivity index (χ0n) is 7.11. The molecule has 0 fully saturated rings. The molecule has 0 bridgehead atoms. The van der Waals surface area contributed by atoms with Crippen LogP contribution in [0.4, 0.5) is 14.5 Å². The van der Waals surface area contributed by atoms with Gasteiger partial charge in [-0.25, -0.2) is 13.8 Å². The van der Waals surface area contributed by atoms with Crippen LogP contribution < -0.4 is 4.74 Å². The van der Waals surface area contributed by atoms with Crippen LogP contribution in [0, 0.1) is 10.1 Å². The van der Waals surface area contributed by atoms with Crippen LogP contribution in [0.25, 0.3) is 0 Å². The number of methoxy groups -OCH3 is 1. The largest absolute Gasteiger partial charge is 0.495 e. The summed E-state index contributed by atoms with van der Waals surface area (Å²) in [6, 6.07) is 0.911. The molecule has 76 valence electrons. The van der Waals surface area contributed by atoms with Crippen molar-refractivity contribution in [3.05, 3.63) is 28.1 Å². The topological polar surface area (TPSA) is 65.3 Å². The van der Waals surface area contributed by atoms with E-state index in [1.807, 2.05) is 0 Å². The molecule has 1 aromatic rings. The highest BCUT2D eigenvalue weighted by atomic mass is 19.3. The van der Waals surface area contributed by atoms with Gasteiger partial charge >= 0.3 is 0 Å². The number of nitrogens with zero attached hydrogens (tertiary/aromatic N) is 2. The Morgan fingerprint density at radius 1 is 1.64 bits per heavy atom. The number of hydrogen-bond donors (Lipinski definition) is 0. The van der Waals surface area contributed by atoms with Crippen molar-refractivity contribution in [1.29, 1.82) is 0 Å². The van der Waals surface area contributed by atoms with E-state index in [1.54, 1.807) is 0 Å². The summed E-state index contributed by atoms with van der Waals surface area (Å²) in [5.41, 5.74) is -1.59. The Morgan fingerprint density at radius 2 is 2.29 bits per heavy atom. The number of aromatic nitrogens is 1. The average Bonchev–Trinajstić information content (AvgIpc) is 2.16. The lowest BCUT2D eigenvalue weighted by atomic mass is 10.3. The molecule has 0 spiro atoms. The molecule has 0 aliphatic rings. The predicted molar refractivity (Wildman–Crippen MR) is 42.4 cm³/mol. The van der Waals surface area contributed by atoms with Gasteiger partial charge in [0.2, 0.25) is 0 Å². The monoisotopic (exact) mass is 204 g/mol. The van der Waals surface area contributed by atoms with Gasteiger partial charge in [0.05, 0.1) is 24.3 Å². The Kier molecular flexibility index (Phi) is 2.90. The van der Waals surface area contributed by atoms with Gasteiger partial charge in [0.15, 0.2) is 5.69 Å². The molecule has 1 aromatic heterocycles. The molecule has 5 nitrogen and oxygen atoms in total. The fourth-order valence-electron chi connectivity index (χ4n) is 0.871. The van der Waals surface area contributed by atoms with Crippen molar-refractivity contribution in [3.8, 4) is 5.75 Å². The van der Waals surface area contributed by atoms with Crippen LogP contribution in [0.3, 0.4) is 0 Å². The molecule has 7 heteroatoms. The van der Waals surface area contributed by atoms with Gasteiger partial charge in [-0.1, -0.05) is 0 Å². The number of alkyl halides is 2. The van der Waals surface area contributed by atoms with Gasteiger partial charge in [0, 0.05) is 0 Å². The van der Waals surface area contributed by atoms with E-state index >= 15 is 0 Å². The van der Waals surface area contributed by atoms with Gasteiger partial charge in [-0.05, 0) is 0 Å². The van der Waals surface area contributed by atoms with E-state index in [-0.39, 0.29) is 5.75 Å². The van der Waals surface area contributed by atoms with E-state index in [0.717, 1.165) is 12.3 Å². The zero-order chi connectivity index (χ0) is 10.7. The Hall–Kier alpha value is -1.79. The molecule has 0 atom stereocenters. The molecule has 1 rings (SSSR count). The maximum absolute atomic E-state index is 12.2. The zero-order valence-corrected chi connectivity index (χ0v) is 7.11. The SMILES string of the molecule is COc1cnc(C(F)F)c([N+](=O)[O-])c1. The first kappa shape index (κ1) is 10.3. The van der Waals surface area contributed by atoms with Gasteiger partial charge in [-0.15, -0.1) is 0 Å². The maximum Gasteiger partial charge on any atom is 0.300 e. The van der Waals surface area contributed by atoms with Crippen LogP contribution in [0.15, 0.2) is 12.3 Å². The molecule has 0 aliphatic heterocycles. The first-order chi connectivity index (χ1) is 6.56. The Morgan fingerprint density at radius 3 is 2.71 bits per heavy atom. The lowest BCUT2D eigenvalue weighted by molar-refractivity contribution is -0.386. The minimum Gasteiger partial charge on any atom is -0.495 e. The van der Waals surface area contributed by atoms with Crippen LogP contribution in [-0.4, -0.2) is 17.0 Å². The highest BCUT2D eigenvalue weighted by Gasteiger charge is 2.23. The molecule has 0 aromatic carbocycles. The molecule has 0 amide bonds. The van der Waals surface area contributed by atoms with Crippen molar-refractivity contribution >= 4 is 5.69 Å². The van der Waals surface area contributed by atoms with Gasteiger partial charge < -0.3 is 4.74 Å². The number of rotatable bonds is 3. The molecule has 0 N–H and O–H groups in total. The molecular formula is C7H6F2N2O3. The van der Waals surface area contributed by atoms with E-state index in [4.69, 9.17) is 0 Å². The third-order valence-electron chi connectivity index (χ3n) is 1.51. The Labute approximate surface area is 77.5 Å². The van der Waals surface area contributed by atoms with Gasteiger partial charge in [-0.3, -0.25) is 10.1 Å². The van der Waals surface area contributed by atoms with Crippen molar-refractivity contribution in [2.24, 2.45) is 0 Å². The number of halogens is 2. The summed E-state index contributed by atoms with van der Waals surface area (Å²) in [7, 11) is 1.27. The molecular weight excluding hydrogens is 198 g/mol. The summed E-state index contributed by atoms with van der Waals surface area (Å²) >= 11 is 0. The lowest BCUT2D eigenvalue weighted by Crippen LogP contribution is -1.99. The van der Waals surface area contributed by atoms with E-state index in [2.05, 4.69) is 9.72 Å². The molecule has 0 radical (unpaired) electrons. The second-order valence-corrected chi connectivity index (χ2v) is 2.34. The van der Waals surface area contributed by atoms with Crippen LogP contribution >= 0.6 is 0 Å². The number of pyridine rings is 1. The van der Waals surface area contributed by atoms with Crippen molar-refractivity contribution in [1.82, 2.24) is 4.98 Å². The lowest BCUT2D eigenvalue weighted by Gasteiger charge is -2.02. The summed E-state index contributed by atoms with van der Waals surface area (Å²) in [6.45, 7) is 0. The fraction of sp³-hybridized carbons (Fsp3) is 0.286. The number of hydrogen-bond acceptors (Lipinski definition) is 4. The van der Waals surface area contributed by atoms with Crippen molar-refractivity contribution in [2.45, 2.75) is 6.43 Å².